The Morgan fingerprint density at radius 2 is 1.63 bits per heavy atom. The second-order valence-corrected chi connectivity index (χ2v) is 7.70. The second kappa shape index (κ2) is 8.30. The first-order valence-corrected chi connectivity index (χ1v) is 10.1. The van der Waals surface area contributed by atoms with Crippen molar-refractivity contribution >= 4 is 11.8 Å². The van der Waals surface area contributed by atoms with E-state index in [0.29, 0.717) is 30.5 Å². The van der Waals surface area contributed by atoms with Crippen LogP contribution in [0.25, 0.3) is 0 Å². The van der Waals surface area contributed by atoms with Gasteiger partial charge in [-0.05, 0) is 43.5 Å². The monoisotopic (exact) mass is 372 g/mol. The molecule has 0 N–H and O–H groups in total. The Hall–Kier alpha value is -2.08. The Labute approximate surface area is 160 Å². The molecule has 0 aromatic heterocycles. The van der Waals surface area contributed by atoms with Crippen LogP contribution in [0.3, 0.4) is 0 Å². The first kappa shape index (κ1) is 18.3. The van der Waals surface area contributed by atoms with E-state index in [2.05, 4.69) is 0 Å². The van der Waals surface area contributed by atoms with Gasteiger partial charge in [0.15, 0.2) is 0 Å². The lowest BCUT2D eigenvalue weighted by Gasteiger charge is -2.32. The predicted molar refractivity (Wildman–Crippen MR) is 101 cm³/mol. The smallest absolute Gasteiger partial charge is 0.253 e. The van der Waals surface area contributed by atoms with Crippen LogP contribution in [0.4, 0.5) is 0 Å². The van der Waals surface area contributed by atoms with Crippen LogP contribution in [0.2, 0.25) is 0 Å². The molecule has 4 rings (SSSR count). The number of rotatable bonds is 4. The number of benzene rings is 1. The van der Waals surface area contributed by atoms with Crippen LogP contribution in [0.1, 0.15) is 42.5 Å². The van der Waals surface area contributed by atoms with Crippen molar-refractivity contribution in [1.82, 2.24) is 9.80 Å². The molecule has 6 nitrogen and oxygen atoms in total. The fraction of sp³-hybridized carbons (Fsp3) is 0.619. The predicted octanol–water partition coefficient (Wildman–Crippen LogP) is 2.33. The van der Waals surface area contributed by atoms with E-state index in [1.165, 1.54) is 0 Å². The van der Waals surface area contributed by atoms with E-state index in [1.54, 1.807) is 0 Å². The Kier molecular flexibility index (Phi) is 5.62. The van der Waals surface area contributed by atoms with Crippen LogP contribution in [-0.2, 0) is 9.53 Å². The molecule has 27 heavy (non-hydrogen) atoms. The van der Waals surface area contributed by atoms with Gasteiger partial charge in [0.05, 0.1) is 6.61 Å². The summed E-state index contributed by atoms with van der Waals surface area (Å²) in [6.45, 7) is 4.29. The zero-order valence-corrected chi connectivity index (χ0v) is 15.8. The van der Waals surface area contributed by atoms with E-state index in [-0.39, 0.29) is 12.0 Å². The fourth-order valence-corrected chi connectivity index (χ4v) is 3.78. The third kappa shape index (κ3) is 4.61. The first-order valence-electron chi connectivity index (χ1n) is 10.1. The van der Waals surface area contributed by atoms with Gasteiger partial charge in [0.25, 0.3) is 5.91 Å². The van der Waals surface area contributed by atoms with Gasteiger partial charge in [0.1, 0.15) is 11.9 Å². The number of hydrogen-bond acceptors (Lipinski definition) is 4. The lowest BCUT2D eigenvalue weighted by molar-refractivity contribution is -0.134. The number of carbonyl (C=O) groups is 2. The highest BCUT2D eigenvalue weighted by atomic mass is 16.5. The Morgan fingerprint density at radius 1 is 0.889 bits per heavy atom. The molecule has 1 saturated carbocycles. The van der Waals surface area contributed by atoms with Crippen LogP contribution in [0.5, 0.6) is 5.75 Å². The maximum Gasteiger partial charge on any atom is 0.253 e. The highest BCUT2D eigenvalue weighted by Crippen LogP contribution is 2.32. The van der Waals surface area contributed by atoms with E-state index in [4.69, 9.17) is 9.47 Å². The summed E-state index contributed by atoms with van der Waals surface area (Å²) < 4.78 is 11.5. The van der Waals surface area contributed by atoms with Crippen molar-refractivity contribution in [3.63, 3.8) is 0 Å². The standard InChI is InChI=1S/C21H28N2O4/c24-20(22-10-1-14-26-15-13-22)17-4-6-18(7-5-17)27-19-8-11-23(12-9-19)21(25)16-2-3-16/h4-7,16,19H,1-3,8-15H2. The van der Waals surface area contributed by atoms with E-state index < -0.39 is 0 Å². The molecule has 146 valence electrons. The van der Waals surface area contributed by atoms with Crippen molar-refractivity contribution in [1.29, 1.82) is 0 Å². The van der Waals surface area contributed by atoms with E-state index >= 15 is 0 Å². The average molecular weight is 372 g/mol. The van der Waals surface area contributed by atoms with Crippen molar-refractivity contribution in [2.45, 2.75) is 38.2 Å². The Balaban J connectivity index is 1.28. The third-order valence-corrected chi connectivity index (χ3v) is 5.59. The normalized spacial score (nSPS) is 21.6. The molecular weight excluding hydrogens is 344 g/mol. The largest absolute Gasteiger partial charge is 0.490 e. The second-order valence-electron chi connectivity index (χ2n) is 7.70. The number of hydrogen-bond donors (Lipinski definition) is 0. The van der Waals surface area contributed by atoms with Gasteiger partial charge in [0.2, 0.25) is 5.91 Å². The van der Waals surface area contributed by atoms with Crippen molar-refractivity contribution in [3.8, 4) is 5.75 Å². The van der Waals surface area contributed by atoms with Crippen molar-refractivity contribution in [2.24, 2.45) is 5.92 Å². The number of amides is 2. The maximum absolute atomic E-state index is 12.6. The third-order valence-electron chi connectivity index (χ3n) is 5.59. The van der Waals surface area contributed by atoms with Crippen LogP contribution in [-0.4, -0.2) is 67.1 Å². The van der Waals surface area contributed by atoms with Crippen LogP contribution in [0, 0.1) is 5.92 Å². The van der Waals surface area contributed by atoms with Gasteiger partial charge < -0.3 is 19.3 Å². The van der Waals surface area contributed by atoms with Crippen LogP contribution < -0.4 is 4.74 Å². The highest BCUT2D eigenvalue weighted by Gasteiger charge is 2.35. The van der Waals surface area contributed by atoms with Crippen molar-refractivity contribution in [2.75, 3.05) is 39.4 Å². The molecule has 0 atom stereocenters. The Bertz CT molecular complexity index is 655. The lowest BCUT2D eigenvalue weighted by Crippen LogP contribution is -2.42. The molecule has 0 unspecified atom stereocenters. The van der Waals surface area contributed by atoms with E-state index in [1.807, 2.05) is 34.1 Å². The van der Waals surface area contributed by atoms with Gasteiger partial charge in [0, 0.05) is 57.1 Å². The first-order chi connectivity index (χ1) is 13.2. The molecule has 0 bridgehead atoms. The zero-order valence-electron chi connectivity index (χ0n) is 15.8. The topological polar surface area (TPSA) is 59.1 Å². The summed E-state index contributed by atoms with van der Waals surface area (Å²) in [7, 11) is 0. The van der Waals surface area contributed by atoms with Gasteiger partial charge >= 0.3 is 0 Å². The minimum Gasteiger partial charge on any atom is -0.490 e. The molecule has 1 aromatic rings. The van der Waals surface area contributed by atoms with E-state index in [0.717, 1.165) is 64.1 Å². The summed E-state index contributed by atoms with van der Waals surface area (Å²) in [5, 5.41) is 0. The summed E-state index contributed by atoms with van der Waals surface area (Å²) in [6, 6.07) is 7.44. The summed E-state index contributed by atoms with van der Waals surface area (Å²) in [4.78, 5) is 28.6. The zero-order chi connectivity index (χ0) is 18.6. The molecule has 3 fully saturated rings. The molecule has 2 heterocycles. The van der Waals surface area contributed by atoms with Crippen LogP contribution >= 0.6 is 0 Å². The number of nitrogens with zero attached hydrogens (tertiary/aromatic N) is 2. The molecule has 2 aliphatic heterocycles. The Morgan fingerprint density at radius 3 is 2.33 bits per heavy atom. The summed E-state index contributed by atoms with van der Waals surface area (Å²) in [5.41, 5.74) is 0.689. The highest BCUT2D eigenvalue weighted by molar-refractivity contribution is 5.94. The average Bonchev–Trinajstić information content (AvgIpc) is 3.55. The summed E-state index contributed by atoms with van der Waals surface area (Å²) in [6.07, 6.45) is 4.88. The molecule has 0 radical (unpaired) electrons. The number of piperidine rings is 1. The number of ether oxygens (including phenoxy) is 2. The number of carbonyl (C=O) groups excluding carboxylic acids is 2. The van der Waals surface area contributed by atoms with Crippen molar-refractivity contribution < 1.29 is 19.1 Å². The molecule has 3 aliphatic rings. The van der Waals surface area contributed by atoms with Gasteiger partial charge in [-0.1, -0.05) is 0 Å². The summed E-state index contributed by atoms with van der Waals surface area (Å²) >= 11 is 0. The molecule has 1 aromatic carbocycles. The van der Waals surface area contributed by atoms with E-state index in [9.17, 15) is 9.59 Å². The lowest BCUT2D eigenvalue weighted by atomic mass is 10.1. The molecule has 2 amide bonds. The minimum atomic E-state index is 0.0546. The minimum absolute atomic E-state index is 0.0546. The van der Waals surface area contributed by atoms with Gasteiger partial charge in [-0.15, -0.1) is 0 Å². The fourth-order valence-electron chi connectivity index (χ4n) is 3.78. The quantitative estimate of drug-likeness (QED) is 0.814. The molecular formula is C21H28N2O4. The van der Waals surface area contributed by atoms with Crippen molar-refractivity contribution in [3.05, 3.63) is 29.8 Å². The maximum atomic E-state index is 12.6. The van der Waals surface area contributed by atoms with Gasteiger partial charge in [-0.2, -0.15) is 0 Å². The SMILES string of the molecule is O=C(c1ccc(OC2CCN(C(=O)C3CC3)CC2)cc1)N1CCCOCC1. The summed E-state index contributed by atoms with van der Waals surface area (Å²) in [5.74, 6) is 1.47. The number of likely N-dealkylation sites (tertiary alicyclic amines) is 1. The molecule has 2 saturated heterocycles. The molecule has 6 heteroatoms. The van der Waals surface area contributed by atoms with Gasteiger partial charge in [-0.25, -0.2) is 0 Å². The molecule has 1 aliphatic carbocycles. The van der Waals surface area contributed by atoms with Crippen LogP contribution in [0.15, 0.2) is 24.3 Å². The molecule has 0 spiro atoms. The van der Waals surface area contributed by atoms with Gasteiger partial charge in [-0.3, -0.25) is 9.59 Å².